The van der Waals surface area contributed by atoms with Crippen LogP contribution < -0.4 is 20.0 Å². The second kappa shape index (κ2) is 16.5. The monoisotopic (exact) mass is 832 g/mol. The van der Waals surface area contributed by atoms with E-state index in [-0.39, 0.29) is 35.3 Å². The first kappa shape index (κ1) is 40.5. The van der Waals surface area contributed by atoms with Gasteiger partial charge in [0.05, 0.1) is 22.8 Å². The molecular formula is C46H50F2N8O5. The molecule has 9 rings (SSSR count). The van der Waals surface area contributed by atoms with E-state index in [4.69, 9.17) is 0 Å². The number of amides is 5. The van der Waals surface area contributed by atoms with Crippen molar-refractivity contribution >= 4 is 46.6 Å². The summed E-state index contributed by atoms with van der Waals surface area (Å²) >= 11 is 0. The van der Waals surface area contributed by atoms with Crippen LogP contribution in [0.5, 0.6) is 0 Å². The Morgan fingerprint density at radius 2 is 1.38 bits per heavy atom. The smallest absolute Gasteiger partial charge is 0.265 e. The quantitative estimate of drug-likeness (QED) is 0.306. The summed E-state index contributed by atoms with van der Waals surface area (Å²) < 4.78 is 27.2. The molecule has 1 N–H and O–H groups in total. The highest BCUT2D eigenvalue weighted by molar-refractivity contribution is 6.23. The number of hydrogen-bond donors (Lipinski definition) is 1. The van der Waals surface area contributed by atoms with Crippen molar-refractivity contribution in [3.63, 3.8) is 0 Å². The lowest BCUT2D eigenvalue weighted by atomic mass is 9.77. The van der Waals surface area contributed by atoms with Gasteiger partial charge in [-0.25, -0.2) is 8.78 Å². The number of anilines is 3. The molecule has 0 aliphatic carbocycles. The van der Waals surface area contributed by atoms with Crippen molar-refractivity contribution in [2.45, 2.75) is 57.4 Å². The first-order valence-corrected chi connectivity index (χ1v) is 21.5. The van der Waals surface area contributed by atoms with E-state index in [9.17, 15) is 38.0 Å². The van der Waals surface area contributed by atoms with Gasteiger partial charge in [0, 0.05) is 107 Å². The first-order chi connectivity index (χ1) is 29.5. The number of nitriles is 1. The van der Waals surface area contributed by atoms with Crippen molar-refractivity contribution in [1.82, 2.24) is 20.0 Å². The van der Waals surface area contributed by atoms with Crippen LogP contribution >= 0.6 is 0 Å². The normalized spacial score (nSPS) is 22.3. The van der Waals surface area contributed by atoms with Gasteiger partial charge in [0.2, 0.25) is 11.8 Å². The molecule has 0 aromatic heterocycles. The maximum Gasteiger partial charge on any atom is 0.265 e. The molecule has 0 saturated carbocycles. The standard InChI is InChI=1S/C46H50F2N8O5/c47-41(48)37-25-35(6-3-32(37)27-49)55-20-15-46(29-55)13-18-54(19-14-46)43(59)31-1-4-33(5-2-31)53-23-21-51(22-24-53)28-30-11-16-52(17-12-30)34-7-8-36-38(26-34)45(61)56(44(36)60)39-9-10-40(57)50-42(39)58/h1-8,25-26,30,39,41H,9-24,28-29H2,(H,50,57,58). The molecule has 0 radical (unpaired) electrons. The molecule has 3 aromatic rings. The fourth-order valence-electron chi connectivity index (χ4n) is 10.4. The summed E-state index contributed by atoms with van der Waals surface area (Å²) in [6.45, 7) is 9.28. The Balaban J connectivity index is 0.713. The number of halogens is 2. The van der Waals surface area contributed by atoms with Gasteiger partial charge in [0.15, 0.2) is 0 Å². The number of hydrogen-bond acceptors (Lipinski definition) is 10. The van der Waals surface area contributed by atoms with Gasteiger partial charge in [-0.2, -0.15) is 5.26 Å². The van der Waals surface area contributed by atoms with Crippen molar-refractivity contribution in [3.05, 3.63) is 88.5 Å². The minimum atomic E-state index is -2.70. The summed E-state index contributed by atoms with van der Waals surface area (Å²) in [5, 5.41) is 11.5. The molecule has 1 atom stereocenters. The van der Waals surface area contributed by atoms with Crippen LogP contribution in [-0.4, -0.2) is 122 Å². The van der Waals surface area contributed by atoms with Crippen molar-refractivity contribution in [2.24, 2.45) is 11.3 Å². The summed E-state index contributed by atoms with van der Waals surface area (Å²) in [6.07, 6.45) is 2.23. The summed E-state index contributed by atoms with van der Waals surface area (Å²) in [4.78, 5) is 76.4. The largest absolute Gasteiger partial charge is 0.371 e. The van der Waals surface area contributed by atoms with E-state index in [1.165, 1.54) is 12.1 Å². The lowest BCUT2D eigenvalue weighted by Gasteiger charge is -2.40. The molecule has 6 aliphatic rings. The van der Waals surface area contributed by atoms with Crippen molar-refractivity contribution < 1.29 is 32.8 Å². The zero-order valence-corrected chi connectivity index (χ0v) is 34.2. The van der Waals surface area contributed by atoms with Gasteiger partial charge in [-0.3, -0.25) is 39.1 Å². The summed E-state index contributed by atoms with van der Waals surface area (Å²) in [5.41, 5.74) is 3.84. The van der Waals surface area contributed by atoms with Gasteiger partial charge in [0.25, 0.3) is 24.1 Å². The number of alkyl halides is 2. The second-order valence-corrected chi connectivity index (χ2v) is 17.6. The Labute approximate surface area is 353 Å². The predicted molar refractivity (Wildman–Crippen MR) is 224 cm³/mol. The van der Waals surface area contributed by atoms with Gasteiger partial charge >= 0.3 is 0 Å². The van der Waals surface area contributed by atoms with Crippen molar-refractivity contribution in [3.8, 4) is 6.07 Å². The average Bonchev–Trinajstić information content (AvgIpc) is 3.80. The minimum absolute atomic E-state index is 0.0121. The molecule has 13 nitrogen and oxygen atoms in total. The third-order valence-electron chi connectivity index (χ3n) is 14.1. The fourth-order valence-corrected chi connectivity index (χ4v) is 10.4. The maximum absolute atomic E-state index is 13.6. The molecule has 0 bridgehead atoms. The minimum Gasteiger partial charge on any atom is -0.371 e. The summed E-state index contributed by atoms with van der Waals surface area (Å²) in [6, 6.07) is 18.9. The van der Waals surface area contributed by atoms with Gasteiger partial charge < -0.3 is 19.6 Å². The van der Waals surface area contributed by atoms with Crippen LogP contribution in [0.4, 0.5) is 25.8 Å². The van der Waals surface area contributed by atoms with E-state index in [0.717, 1.165) is 113 Å². The fraction of sp³-hybridized carbons (Fsp3) is 0.478. The van der Waals surface area contributed by atoms with E-state index in [1.54, 1.807) is 18.2 Å². The number of piperidine rings is 3. The van der Waals surface area contributed by atoms with Crippen molar-refractivity contribution in [2.75, 3.05) is 86.7 Å². The van der Waals surface area contributed by atoms with E-state index < -0.39 is 36.1 Å². The van der Waals surface area contributed by atoms with E-state index in [0.29, 0.717) is 35.7 Å². The maximum atomic E-state index is 13.6. The lowest BCUT2D eigenvalue weighted by molar-refractivity contribution is -0.136. The number of carbonyl (C=O) groups is 5. The Morgan fingerprint density at radius 3 is 2.07 bits per heavy atom. The number of nitrogens with zero attached hydrogens (tertiary/aromatic N) is 7. The number of imide groups is 2. The summed E-state index contributed by atoms with van der Waals surface area (Å²) in [7, 11) is 0. The molecule has 318 valence electrons. The van der Waals surface area contributed by atoms with Crippen LogP contribution in [0, 0.1) is 22.7 Å². The molecule has 15 heteroatoms. The van der Waals surface area contributed by atoms with Crippen LogP contribution in [-0.2, 0) is 9.59 Å². The second-order valence-electron chi connectivity index (χ2n) is 17.6. The highest BCUT2D eigenvalue weighted by Gasteiger charge is 2.45. The van der Waals surface area contributed by atoms with Crippen LogP contribution in [0.15, 0.2) is 60.7 Å². The number of fused-ring (bicyclic) bond motifs is 1. The van der Waals surface area contributed by atoms with Gasteiger partial charge in [-0.15, -0.1) is 0 Å². The molecule has 1 unspecified atom stereocenters. The third-order valence-corrected chi connectivity index (χ3v) is 14.1. The molecule has 5 fully saturated rings. The highest BCUT2D eigenvalue weighted by atomic mass is 19.3. The number of rotatable bonds is 8. The van der Waals surface area contributed by atoms with Gasteiger partial charge in [-0.05, 0) is 111 Å². The molecule has 6 aliphatic heterocycles. The third kappa shape index (κ3) is 7.93. The number of nitrogens with one attached hydrogen (secondary N) is 1. The lowest BCUT2D eigenvalue weighted by Crippen LogP contribution is -2.54. The number of likely N-dealkylation sites (tertiary alicyclic amines) is 1. The van der Waals surface area contributed by atoms with E-state index >= 15 is 0 Å². The molecule has 61 heavy (non-hydrogen) atoms. The Morgan fingerprint density at radius 1 is 0.738 bits per heavy atom. The first-order valence-electron chi connectivity index (χ1n) is 21.5. The molecule has 6 heterocycles. The number of benzene rings is 3. The van der Waals surface area contributed by atoms with Crippen LogP contribution in [0.1, 0.15) is 93.6 Å². The molecule has 3 aromatic carbocycles. The Kier molecular flexibility index (Phi) is 11.0. The Bertz CT molecular complexity index is 2270. The molecule has 1 spiro atoms. The summed E-state index contributed by atoms with van der Waals surface area (Å²) in [5.74, 6) is -1.40. The Hall–Kier alpha value is -5.88. The molecular weight excluding hydrogens is 783 g/mol. The van der Waals surface area contributed by atoms with Crippen molar-refractivity contribution in [1.29, 1.82) is 5.26 Å². The van der Waals surface area contributed by atoms with E-state index in [2.05, 4.69) is 37.0 Å². The topological polar surface area (TPSA) is 141 Å². The number of carbonyl (C=O) groups excluding carboxylic acids is 5. The molecule has 5 amide bonds. The predicted octanol–water partition coefficient (Wildman–Crippen LogP) is 5.07. The van der Waals surface area contributed by atoms with Crippen LogP contribution in [0.3, 0.4) is 0 Å². The zero-order chi connectivity index (χ0) is 42.4. The molecule has 5 saturated heterocycles. The SMILES string of the molecule is N#Cc1ccc(N2CCC3(CCN(C(=O)c4ccc(N5CCN(CC6CCN(c7ccc8c(c7)C(=O)N(C7CCC(=O)NC7=O)C8=O)CC6)CC5)cc4)CC3)C2)cc1C(F)F. The number of piperazine rings is 1. The van der Waals surface area contributed by atoms with Crippen LogP contribution in [0.2, 0.25) is 0 Å². The van der Waals surface area contributed by atoms with Gasteiger partial charge in [0.1, 0.15) is 6.04 Å². The van der Waals surface area contributed by atoms with Crippen LogP contribution in [0.25, 0.3) is 0 Å². The average molecular weight is 833 g/mol. The zero-order valence-electron chi connectivity index (χ0n) is 34.2. The van der Waals surface area contributed by atoms with Gasteiger partial charge in [-0.1, -0.05) is 0 Å². The highest BCUT2D eigenvalue weighted by Crippen LogP contribution is 2.43. The van der Waals surface area contributed by atoms with E-state index in [1.807, 2.05) is 29.2 Å².